The molecule has 0 rings (SSSR count). The summed E-state index contributed by atoms with van der Waals surface area (Å²) in [6, 6.07) is 0. The Hall–Kier alpha value is 0. The zero-order chi connectivity index (χ0) is 20.5. The number of hydrogen-bond acceptors (Lipinski definition) is 0. The highest BCUT2D eigenvalue weighted by molar-refractivity contribution is 4.62. The molecule has 0 aromatic heterocycles. The van der Waals surface area contributed by atoms with E-state index in [1.807, 2.05) is 0 Å². The third-order valence-electron chi connectivity index (χ3n) is 6.65. The second-order valence-corrected chi connectivity index (χ2v) is 9.60. The summed E-state index contributed by atoms with van der Waals surface area (Å²) in [7, 11) is 0. The highest BCUT2D eigenvalue weighted by Gasteiger charge is 2.08. The van der Waals surface area contributed by atoms with Crippen LogP contribution in [0.1, 0.15) is 175 Å². The molecule has 28 heavy (non-hydrogen) atoms. The first kappa shape index (κ1) is 28.0. The first-order valence-electron chi connectivity index (χ1n) is 13.8. The van der Waals surface area contributed by atoms with Gasteiger partial charge in [0.05, 0.1) is 0 Å². The van der Waals surface area contributed by atoms with Gasteiger partial charge in [-0.2, -0.15) is 0 Å². The predicted molar refractivity (Wildman–Crippen MR) is 131 cm³/mol. The number of unbranched alkanes of at least 4 members (excludes halogenated alkanes) is 18. The zero-order valence-electron chi connectivity index (χ0n) is 20.5. The summed E-state index contributed by atoms with van der Waals surface area (Å²) in [4.78, 5) is 0. The molecule has 0 amide bonds. The maximum atomic E-state index is 2.33. The largest absolute Gasteiger partial charge is 0.0654 e. The second-order valence-electron chi connectivity index (χ2n) is 9.60. The van der Waals surface area contributed by atoms with Crippen molar-refractivity contribution in [1.29, 1.82) is 0 Å². The summed E-state index contributed by atoms with van der Waals surface area (Å²) in [6.45, 7) is 6.96. The summed E-state index contributed by atoms with van der Waals surface area (Å²) in [6.07, 6.45) is 35.3. The summed E-state index contributed by atoms with van der Waals surface area (Å²) in [5.41, 5.74) is 0. The third-order valence-corrected chi connectivity index (χ3v) is 6.65. The van der Waals surface area contributed by atoms with Crippen LogP contribution in [0.5, 0.6) is 0 Å². The van der Waals surface area contributed by atoms with E-state index < -0.39 is 0 Å². The van der Waals surface area contributed by atoms with E-state index in [9.17, 15) is 0 Å². The second kappa shape index (κ2) is 25.0. The van der Waals surface area contributed by atoms with Gasteiger partial charge in [-0.3, -0.25) is 0 Å². The SMILES string of the molecule is CCCCCCCCCCCCC(CCCCCCC)CCCCCCCC. The molecular formula is C28H58. The van der Waals surface area contributed by atoms with Gasteiger partial charge in [-0.05, 0) is 5.92 Å². The van der Waals surface area contributed by atoms with Gasteiger partial charge < -0.3 is 0 Å². The minimum absolute atomic E-state index is 1.04. The molecule has 0 aliphatic rings. The van der Waals surface area contributed by atoms with Crippen LogP contribution in [0.25, 0.3) is 0 Å². The van der Waals surface area contributed by atoms with E-state index in [0.717, 1.165) is 5.92 Å². The van der Waals surface area contributed by atoms with E-state index in [1.54, 1.807) is 0 Å². The molecule has 0 N–H and O–H groups in total. The average molecular weight is 395 g/mol. The van der Waals surface area contributed by atoms with Crippen molar-refractivity contribution >= 4 is 0 Å². The number of hydrogen-bond donors (Lipinski definition) is 0. The molecule has 0 saturated carbocycles. The molecule has 0 aromatic rings. The molecule has 0 aromatic carbocycles. The normalized spacial score (nSPS) is 12.5. The minimum Gasteiger partial charge on any atom is -0.0654 e. The highest BCUT2D eigenvalue weighted by Crippen LogP contribution is 2.24. The van der Waals surface area contributed by atoms with Crippen LogP contribution in [0.2, 0.25) is 0 Å². The number of rotatable bonds is 24. The molecule has 0 heterocycles. The van der Waals surface area contributed by atoms with Crippen molar-refractivity contribution in [3.63, 3.8) is 0 Å². The van der Waals surface area contributed by atoms with Crippen molar-refractivity contribution in [1.82, 2.24) is 0 Å². The molecular weight excluding hydrogens is 336 g/mol. The van der Waals surface area contributed by atoms with Crippen molar-refractivity contribution in [2.24, 2.45) is 5.92 Å². The maximum Gasteiger partial charge on any atom is -0.0414 e. The zero-order valence-corrected chi connectivity index (χ0v) is 20.5. The van der Waals surface area contributed by atoms with Gasteiger partial charge >= 0.3 is 0 Å². The van der Waals surface area contributed by atoms with Gasteiger partial charge in [0.25, 0.3) is 0 Å². The summed E-state index contributed by atoms with van der Waals surface area (Å²) < 4.78 is 0. The Morgan fingerprint density at radius 3 is 0.750 bits per heavy atom. The highest BCUT2D eigenvalue weighted by atomic mass is 14.1. The molecule has 0 spiro atoms. The van der Waals surface area contributed by atoms with Crippen LogP contribution in [0.15, 0.2) is 0 Å². The molecule has 170 valence electrons. The van der Waals surface area contributed by atoms with Gasteiger partial charge in [0.2, 0.25) is 0 Å². The Balaban J connectivity index is 3.71. The van der Waals surface area contributed by atoms with Gasteiger partial charge in [-0.15, -0.1) is 0 Å². The first-order chi connectivity index (χ1) is 13.8. The fraction of sp³-hybridized carbons (Fsp3) is 1.00. The predicted octanol–water partition coefficient (Wildman–Crippen LogP) is 11.0. The Morgan fingerprint density at radius 2 is 0.500 bits per heavy atom. The van der Waals surface area contributed by atoms with Gasteiger partial charge in [0, 0.05) is 0 Å². The summed E-state index contributed by atoms with van der Waals surface area (Å²) in [5, 5.41) is 0. The Kier molecular flexibility index (Phi) is 25.0. The summed E-state index contributed by atoms with van der Waals surface area (Å²) >= 11 is 0. The van der Waals surface area contributed by atoms with Crippen LogP contribution >= 0.6 is 0 Å². The molecule has 0 saturated heterocycles. The van der Waals surface area contributed by atoms with Crippen molar-refractivity contribution < 1.29 is 0 Å². The van der Waals surface area contributed by atoms with Crippen LogP contribution in [-0.4, -0.2) is 0 Å². The Bertz CT molecular complexity index is 257. The fourth-order valence-electron chi connectivity index (χ4n) is 4.60. The Labute approximate surface area is 181 Å². The van der Waals surface area contributed by atoms with Gasteiger partial charge in [0.1, 0.15) is 0 Å². The van der Waals surface area contributed by atoms with Crippen LogP contribution < -0.4 is 0 Å². The molecule has 0 radical (unpaired) electrons. The van der Waals surface area contributed by atoms with E-state index in [0.29, 0.717) is 0 Å². The molecule has 0 aliphatic heterocycles. The standard InChI is InChI=1S/C28H58/c1-4-7-10-13-15-16-17-18-21-24-27-28(25-22-19-12-9-6-3)26-23-20-14-11-8-5-2/h28H,4-27H2,1-3H3. The fourth-order valence-corrected chi connectivity index (χ4v) is 4.60. The lowest BCUT2D eigenvalue weighted by Crippen LogP contribution is -2.01. The van der Waals surface area contributed by atoms with Crippen LogP contribution in [0.3, 0.4) is 0 Å². The van der Waals surface area contributed by atoms with E-state index in [-0.39, 0.29) is 0 Å². The lowest BCUT2D eigenvalue weighted by atomic mass is 9.89. The Morgan fingerprint density at radius 1 is 0.286 bits per heavy atom. The van der Waals surface area contributed by atoms with Crippen LogP contribution in [0, 0.1) is 5.92 Å². The van der Waals surface area contributed by atoms with E-state index in [4.69, 9.17) is 0 Å². The van der Waals surface area contributed by atoms with Crippen molar-refractivity contribution in [3.05, 3.63) is 0 Å². The monoisotopic (exact) mass is 394 g/mol. The molecule has 0 bridgehead atoms. The van der Waals surface area contributed by atoms with Gasteiger partial charge in [0.15, 0.2) is 0 Å². The van der Waals surface area contributed by atoms with E-state index in [1.165, 1.54) is 154 Å². The molecule has 0 nitrogen and oxygen atoms in total. The molecule has 1 unspecified atom stereocenters. The maximum absolute atomic E-state index is 2.33. The molecule has 0 aliphatic carbocycles. The third kappa shape index (κ3) is 22.3. The molecule has 0 fully saturated rings. The van der Waals surface area contributed by atoms with Crippen LogP contribution in [-0.2, 0) is 0 Å². The van der Waals surface area contributed by atoms with E-state index in [2.05, 4.69) is 20.8 Å². The molecule has 1 atom stereocenters. The van der Waals surface area contributed by atoms with E-state index >= 15 is 0 Å². The van der Waals surface area contributed by atoms with Crippen molar-refractivity contribution in [2.75, 3.05) is 0 Å². The first-order valence-corrected chi connectivity index (χ1v) is 13.8. The van der Waals surface area contributed by atoms with Crippen molar-refractivity contribution in [2.45, 2.75) is 175 Å². The topological polar surface area (TPSA) is 0 Å². The van der Waals surface area contributed by atoms with Gasteiger partial charge in [-0.25, -0.2) is 0 Å². The van der Waals surface area contributed by atoms with Crippen LogP contribution in [0.4, 0.5) is 0 Å². The minimum atomic E-state index is 1.04. The lowest BCUT2D eigenvalue weighted by molar-refractivity contribution is 0.365. The molecule has 0 heteroatoms. The average Bonchev–Trinajstić information content (AvgIpc) is 2.71. The van der Waals surface area contributed by atoms with Gasteiger partial charge in [-0.1, -0.05) is 175 Å². The van der Waals surface area contributed by atoms with Crippen molar-refractivity contribution in [3.8, 4) is 0 Å². The summed E-state index contributed by atoms with van der Waals surface area (Å²) in [5.74, 6) is 1.04. The smallest absolute Gasteiger partial charge is 0.0414 e. The quantitative estimate of drug-likeness (QED) is 0.143. The lowest BCUT2D eigenvalue weighted by Gasteiger charge is -2.17.